The Hall–Kier alpha value is -1.64. The van der Waals surface area contributed by atoms with E-state index in [1.807, 2.05) is 0 Å². The van der Waals surface area contributed by atoms with E-state index in [4.69, 9.17) is 4.42 Å². The lowest BCUT2D eigenvalue weighted by molar-refractivity contribution is 0.0950. The van der Waals surface area contributed by atoms with Gasteiger partial charge < -0.3 is 9.73 Å². The summed E-state index contributed by atoms with van der Waals surface area (Å²) in [6.07, 6.45) is 1.37. The summed E-state index contributed by atoms with van der Waals surface area (Å²) in [5.74, 6) is -0.307. The second-order valence-electron chi connectivity index (χ2n) is 5.67. The maximum atomic E-state index is 11.9. The highest BCUT2D eigenvalue weighted by atomic mass is 79.9. The van der Waals surface area contributed by atoms with Crippen LogP contribution in [0.1, 0.15) is 35.3 Å². The largest absolute Gasteiger partial charge is 0.457 e. The molecule has 0 unspecified atom stereocenters. The molecule has 0 aliphatic rings. The fraction of sp³-hybridized carbons (Fsp3) is 0.312. The van der Waals surface area contributed by atoms with Crippen molar-refractivity contribution in [1.29, 1.82) is 0 Å². The van der Waals surface area contributed by atoms with E-state index in [9.17, 15) is 13.2 Å². The van der Waals surface area contributed by atoms with Gasteiger partial charge in [-0.05, 0) is 40.9 Å². The van der Waals surface area contributed by atoms with Crippen molar-refractivity contribution in [2.45, 2.75) is 32.2 Å². The minimum absolute atomic E-state index is 0.0686. The Kier molecular flexibility index (Phi) is 6.20. The normalized spacial score (nSPS) is 11.7. The van der Waals surface area contributed by atoms with Gasteiger partial charge in [0.2, 0.25) is 10.0 Å². The van der Waals surface area contributed by atoms with Gasteiger partial charge in [0.05, 0.1) is 11.3 Å². The molecule has 1 aromatic heterocycles. The predicted octanol–water partition coefficient (Wildman–Crippen LogP) is 2.80. The summed E-state index contributed by atoms with van der Waals surface area (Å²) in [5, 5.41) is 2.77. The standard InChI is InChI=1S/C16H19BrN2O4S/c1-11(2)19-24(21,22)10-13-5-3-12(4-6-13)8-18-16(20)14-7-15(17)23-9-14/h3-7,9,11,19H,8,10H2,1-2H3,(H,18,20). The second kappa shape index (κ2) is 7.96. The third kappa shape index (κ3) is 5.77. The van der Waals surface area contributed by atoms with Crippen LogP contribution in [0.3, 0.4) is 0 Å². The van der Waals surface area contributed by atoms with Gasteiger partial charge in [-0.25, -0.2) is 13.1 Å². The van der Waals surface area contributed by atoms with Gasteiger partial charge in [-0.1, -0.05) is 24.3 Å². The van der Waals surface area contributed by atoms with Gasteiger partial charge in [0.1, 0.15) is 6.26 Å². The van der Waals surface area contributed by atoms with Gasteiger partial charge in [-0.3, -0.25) is 4.79 Å². The van der Waals surface area contributed by atoms with Crippen LogP contribution in [0.25, 0.3) is 0 Å². The van der Waals surface area contributed by atoms with Crippen LogP contribution in [-0.4, -0.2) is 20.4 Å². The summed E-state index contributed by atoms with van der Waals surface area (Å²) >= 11 is 3.14. The molecule has 8 heteroatoms. The highest BCUT2D eigenvalue weighted by molar-refractivity contribution is 9.10. The monoisotopic (exact) mass is 414 g/mol. The Labute approximate surface area is 149 Å². The molecule has 2 N–H and O–H groups in total. The van der Waals surface area contributed by atoms with Gasteiger partial charge in [-0.15, -0.1) is 0 Å². The first-order valence-electron chi connectivity index (χ1n) is 7.35. The predicted molar refractivity (Wildman–Crippen MR) is 94.9 cm³/mol. The Morgan fingerprint density at radius 3 is 2.38 bits per heavy atom. The lowest BCUT2D eigenvalue weighted by atomic mass is 10.1. The van der Waals surface area contributed by atoms with Crippen LogP contribution < -0.4 is 10.0 Å². The average molecular weight is 415 g/mol. The van der Waals surface area contributed by atoms with E-state index in [1.165, 1.54) is 6.26 Å². The number of furan rings is 1. The fourth-order valence-electron chi connectivity index (χ4n) is 2.09. The third-order valence-electron chi connectivity index (χ3n) is 3.08. The molecular weight excluding hydrogens is 396 g/mol. The Bertz CT molecular complexity index is 798. The highest BCUT2D eigenvalue weighted by Gasteiger charge is 2.13. The lowest BCUT2D eigenvalue weighted by Gasteiger charge is -2.10. The first-order chi connectivity index (χ1) is 11.2. The molecule has 1 amide bonds. The van der Waals surface area contributed by atoms with E-state index in [-0.39, 0.29) is 17.7 Å². The van der Waals surface area contributed by atoms with Gasteiger partial charge in [0.15, 0.2) is 4.67 Å². The number of sulfonamides is 1. The topological polar surface area (TPSA) is 88.4 Å². The third-order valence-corrected chi connectivity index (χ3v) is 5.04. The number of halogens is 1. The number of amides is 1. The molecule has 0 aliphatic carbocycles. The van der Waals surface area contributed by atoms with E-state index < -0.39 is 10.0 Å². The molecule has 0 bridgehead atoms. The Balaban J connectivity index is 1.91. The number of carbonyl (C=O) groups excluding carboxylic acids is 1. The lowest BCUT2D eigenvalue weighted by Crippen LogP contribution is -2.31. The molecule has 0 fully saturated rings. The number of hydrogen-bond donors (Lipinski definition) is 2. The van der Waals surface area contributed by atoms with Crippen LogP contribution in [-0.2, 0) is 22.3 Å². The molecule has 0 radical (unpaired) electrons. The molecule has 0 saturated heterocycles. The zero-order valence-corrected chi connectivity index (χ0v) is 15.8. The molecule has 2 rings (SSSR count). The smallest absolute Gasteiger partial charge is 0.254 e. The molecule has 2 aromatic rings. The van der Waals surface area contributed by atoms with E-state index in [0.29, 0.717) is 22.3 Å². The minimum atomic E-state index is -3.34. The van der Waals surface area contributed by atoms with Crippen molar-refractivity contribution in [3.63, 3.8) is 0 Å². The number of carbonyl (C=O) groups is 1. The molecule has 1 heterocycles. The molecule has 130 valence electrons. The quantitative estimate of drug-likeness (QED) is 0.728. The maximum Gasteiger partial charge on any atom is 0.254 e. The summed E-state index contributed by atoms with van der Waals surface area (Å²) in [5.41, 5.74) is 2.00. The number of benzene rings is 1. The SMILES string of the molecule is CC(C)NS(=O)(=O)Cc1ccc(CNC(=O)c2coc(Br)c2)cc1. The molecule has 0 atom stereocenters. The van der Waals surface area contributed by atoms with Crippen molar-refractivity contribution in [3.05, 3.63) is 58.0 Å². The zero-order valence-electron chi connectivity index (χ0n) is 13.4. The van der Waals surface area contributed by atoms with Crippen molar-refractivity contribution in [2.75, 3.05) is 0 Å². The van der Waals surface area contributed by atoms with Crippen LogP contribution in [0.2, 0.25) is 0 Å². The fourth-order valence-corrected chi connectivity index (χ4v) is 3.86. The number of nitrogens with one attached hydrogen (secondary N) is 2. The number of hydrogen-bond acceptors (Lipinski definition) is 4. The molecule has 0 spiro atoms. The molecule has 0 aliphatic heterocycles. The van der Waals surface area contributed by atoms with Crippen molar-refractivity contribution >= 4 is 31.9 Å². The Morgan fingerprint density at radius 2 is 1.83 bits per heavy atom. The average Bonchev–Trinajstić information content (AvgIpc) is 2.91. The van der Waals surface area contributed by atoms with Crippen LogP contribution in [0, 0.1) is 0 Å². The van der Waals surface area contributed by atoms with Crippen LogP contribution in [0.15, 0.2) is 45.7 Å². The summed E-state index contributed by atoms with van der Waals surface area (Å²) in [7, 11) is -3.34. The summed E-state index contributed by atoms with van der Waals surface area (Å²) in [6, 6.07) is 8.54. The van der Waals surface area contributed by atoms with E-state index in [1.54, 1.807) is 44.2 Å². The second-order valence-corrected chi connectivity index (χ2v) is 8.21. The summed E-state index contributed by atoms with van der Waals surface area (Å²) < 4.78 is 31.8. The minimum Gasteiger partial charge on any atom is -0.457 e. The number of rotatable bonds is 7. The van der Waals surface area contributed by atoms with E-state index >= 15 is 0 Å². The summed E-state index contributed by atoms with van der Waals surface area (Å²) in [4.78, 5) is 11.9. The van der Waals surface area contributed by atoms with E-state index in [0.717, 1.165) is 5.56 Å². The first-order valence-corrected chi connectivity index (χ1v) is 9.80. The van der Waals surface area contributed by atoms with Gasteiger partial charge in [-0.2, -0.15) is 0 Å². The van der Waals surface area contributed by atoms with Crippen LogP contribution in [0.4, 0.5) is 0 Å². The highest BCUT2D eigenvalue weighted by Crippen LogP contribution is 2.14. The molecule has 24 heavy (non-hydrogen) atoms. The summed E-state index contributed by atoms with van der Waals surface area (Å²) in [6.45, 7) is 3.91. The van der Waals surface area contributed by atoms with E-state index in [2.05, 4.69) is 26.0 Å². The van der Waals surface area contributed by atoms with Gasteiger partial charge >= 0.3 is 0 Å². The Morgan fingerprint density at radius 1 is 1.21 bits per heavy atom. The van der Waals surface area contributed by atoms with Gasteiger partial charge in [0.25, 0.3) is 5.91 Å². The molecule has 0 saturated carbocycles. The van der Waals surface area contributed by atoms with Crippen molar-refractivity contribution in [2.24, 2.45) is 0 Å². The molecule has 6 nitrogen and oxygen atoms in total. The van der Waals surface area contributed by atoms with Crippen LogP contribution >= 0.6 is 15.9 Å². The van der Waals surface area contributed by atoms with Crippen molar-refractivity contribution < 1.29 is 17.6 Å². The molecule has 1 aromatic carbocycles. The van der Waals surface area contributed by atoms with Crippen LogP contribution in [0.5, 0.6) is 0 Å². The van der Waals surface area contributed by atoms with Gasteiger partial charge in [0, 0.05) is 18.7 Å². The van der Waals surface area contributed by atoms with Crippen molar-refractivity contribution in [1.82, 2.24) is 10.0 Å². The van der Waals surface area contributed by atoms with Crippen molar-refractivity contribution in [3.8, 4) is 0 Å². The maximum absolute atomic E-state index is 11.9. The molecular formula is C16H19BrN2O4S. The first kappa shape index (κ1) is 18.7. The zero-order chi connectivity index (χ0) is 17.7.